The van der Waals surface area contributed by atoms with Crippen LogP contribution in [-0.2, 0) is 11.3 Å². The molecule has 2 rings (SSSR count). The van der Waals surface area contributed by atoms with Crippen LogP contribution in [0.15, 0.2) is 17.8 Å². The molecule has 1 N–H and O–H groups in total. The zero-order valence-electron chi connectivity index (χ0n) is 11.3. The van der Waals surface area contributed by atoms with Crippen molar-refractivity contribution in [2.24, 2.45) is 0 Å². The maximum Gasteiger partial charge on any atom is 0.230 e. The van der Waals surface area contributed by atoms with E-state index in [1.165, 1.54) is 24.6 Å². The minimum Gasteiger partial charge on any atom is -0.353 e. The van der Waals surface area contributed by atoms with Crippen molar-refractivity contribution >= 4 is 17.7 Å². The molecule has 104 valence electrons. The number of carbonyl (C=O) groups excluding carboxylic acids is 1. The molecule has 0 saturated heterocycles. The largest absolute Gasteiger partial charge is 0.353 e. The van der Waals surface area contributed by atoms with E-state index in [9.17, 15) is 4.79 Å². The lowest BCUT2D eigenvalue weighted by molar-refractivity contribution is -0.119. The van der Waals surface area contributed by atoms with E-state index in [1.54, 1.807) is 6.08 Å². The number of allylic oxidation sites excluding steroid dienone is 1. The average Bonchev–Trinajstić information content (AvgIpc) is 3.00. The fourth-order valence-corrected chi connectivity index (χ4v) is 3.08. The second kappa shape index (κ2) is 6.75. The number of nitrogens with one attached hydrogen (secondary N) is 1. The van der Waals surface area contributed by atoms with Crippen LogP contribution in [0.1, 0.15) is 31.5 Å². The fourth-order valence-electron chi connectivity index (χ4n) is 2.28. The molecule has 1 aromatic rings. The number of hydrogen-bond donors (Lipinski definition) is 1. The van der Waals surface area contributed by atoms with E-state index in [0.29, 0.717) is 18.3 Å². The zero-order chi connectivity index (χ0) is 13.7. The lowest BCUT2D eigenvalue weighted by Crippen LogP contribution is -2.33. The second-order valence-corrected chi connectivity index (χ2v) is 5.71. The molecule has 0 aromatic carbocycles. The topological polar surface area (TPSA) is 59.8 Å². The van der Waals surface area contributed by atoms with Gasteiger partial charge < -0.3 is 9.88 Å². The molecule has 0 bridgehead atoms. The number of carbonyl (C=O) groups is 1. The summed E-state index contributed by atoms with van der Waals surface area (Å²) < 4.78 is 1.96. The van der Waals surface area contributed by atoms with E-state index in [0.717, 1.165) is 23.8 Å². The zero-order valence-corrected chi connectivity index (χ0v) is 12.1. The van der Waals surface area contributed by atoms with Crippen LogP contribution in [0.3, 0.4) is 0 Å². The summed E-state index contributed by atoms with van der Waals surface area (Å²) >= 11 is 1.43. The molecule has 1 aromatic heterocycles. The van der Waals surface area contributed by atoms with Gasteiger partial charge in [-0.1, -0.05) is 30.7 Å². The molecule has 0 aliphatic heterocycles. The standard InChI is InChI=1S/C13H20N4OS/c1-3-8-17-10(2)15-16-13(17)19-9-12(18)14-11-6-4-5-7-11/h3,11H,1,4-9H2,2H3,(H,14,18). The normalized spacial score (nSPS) is 15.6. The van der Waals surface area contributed by atoms with E-state index in [2.05, 4.69) is 22.1 Å². The van der Waals surface area contributed by atoms with Gasteiger partial charge in [0.2, 0.25) is 5.91 Å². The Morgan fingerprint density at radius 2 is 2.26 bits per heavy atom. The molecule has 1 aliphatic carbocycles. The molecule has 0 atom stereocenters. The van der Waals surface area contributed by atoms with Crippen molar-refractivity contribution in [2.45, 2.75) is 50.4 Å². The Labute approximate surface area is 117 Å². The van der Waals surface area contributed by atoms with Crippen LogP contribution in [0.2, 0.25) is 0 Å². The van der Waals surface area contributed by atoms with Gasteiger partial charge in [-0.15, -0.1) is 16.8 Å². The van der Waals surface area contributed by atoms with Gasteiger partial charge in [0.25, 0.3) is 0 Å². The van der Waals surface area contributed by atoms with Crippen LogP contribution in [-0.4, -0.2) is 32.5 Å². The predicted octanol–water partition coefficient (Wildman–Crippen LogP) is 1.92. The average molecular weight is 280 g/mol. The van der Waals surface area contributed by atoms with Crippen LogP contribution < -0.4 is 5.32 Å². The van der Waals surface area contributed by atoms with Crippen LogP contribution >= 0.6 is 11.8 Å². The van der Waals surface area contributed by atoms with Gasteiger partial charge in [-0.3, -0.25) is 4.79 Å². The van der Waals surface area contributed by atoms with Gasteiger partial charge in [0.15, 0.2) is 5.16 Å². The smallest absolute Gasteiger partial charge is 0.230 e. The highest BCUT2D eigenvalue weighted by Crippen LogP contribution is 2.19. The Kier molecular flexibility index (Phi) is 5.01. The van der Waals surface area contributed by atoms with Gasteiger partial charge in [-0.25, -0.2) is 0 Å². The van der Waals surface area contributed by atoms with Crippen molar-refractivity contribution in [3.8, 4) is 0 Å². The summed E-state index contributed by atoms with van der Waals surface area (Å²) in [7, 11) is 0. The molecule has 0 radical (unpaired) electrons. The van der Waals surface area contributed by atoms with Crippen molar-refractivity contribution < 1.29 is 4.79 Å². The Morgan fingerprint density at radius 3 is 2.95 bits per heavy atom. The highest BCUT2D eigenvalue weighted by molar-refractivity contribution is 7.99. The van der Waals surface area contributed by atoms with Crippen molar-refractivity contribution in [3.05, 3.63) is 18.5 Å². The SMILES string of the molecule is C=CCn1c(C)nnc1SCC(=O)NC1CCCC1. The summed E-state index contributed by atoms with van der Waals surface area (Å²) in [6.07, 6.45) is 6.49. The molecule has 1 amide bonds. The summed E-state index contributed by atoms with van der Waals surface area (Å²) in [5, 5.41) is 12.0. The summed E-state index contributed by atoms with van der Waals surface area (Å²) in [5.41, 5.74) is 0. The minimum atomic E-state index is 0.0858. The molecule has 1 aliphatic rings. The third-order valence-corrected chi connectivity index (χ3v) is 4.23. The summed E-state index contributed by atoms with van der Waals surface area (Å²) in [6.45, 7) is 6.29. The summed E-state index contributed by atoms with van der Waals surface area (Å²) in [6, 6.07) is 0.376. The summed E-state index contributed by atoms with van der Waals surface area (Å²) in [5.74, 6) is 1.33. The molecule has 0 unspecified atom stereocenters. The van der Waals surface area contributed by atoms with Crippen LogP contribution in [0.25, 0.3) is 0 Å². The highest BCUT2D eigenvalue weighted by atomic mass is 32.2. The lowest BCUT2D eigenvalue weighted by atomic mass is 10.2. The molecule has 0 spiro atoms. The fraction of sp³-hybridized carbons (Fsp3) is 0.615. The number of amides is 1. The Balaban J connectivity index is 1.84. The second-order valence-electron chi connectivity index (χ2n) is 4.77. The van der Waals surface area contributed by atoms with Crippen molar-refractivity contribution in [1.29, 1.82) is 0 Å². The molecule has 6 heteroatoms. The van der Waals surface area contributed by atoms with E-state index < -0.39 is 0 Å². The van der Waals surface area contributed by atoms with E-state index in [-0.39, 0.29) is 5.91 Å². The van der Waals surface area contributed by atoms with Crippen LogP contribution in [0, 0.1) is 6.92 Å². The Bertz CT molecular complexity index is 451. The number of rotatable bonds is 6. The quantitative estimate of drug-likeness (QED) is 0.639. The van der Waals surface area contributed by atoms with Gasteiger partial charge in [-0.05, 0) is 19.8 Å². The van der Waals surface area contributed by atoms with E-state index in [4.69, 9.17) is 0 Å². The first-order valence-electron chi connectivity index (χ1n) is 6.63. The first kappa shape index (κ1) is 14.1. The number of nitrogens with zero attached hydrogens (tertiary/aromatic N) is 3. The number of aryl methyl sites for hydroxylation is 1. The predicted molar refractivity (Wildman–Crippen MR) is 76.1 cm³/mol. The molecule has 19 heavy (non-hydrogen) atoms. The first-order chi connectivity index (χ1) is 9.20. The third-order valence-electron chi connectivity index (χ3n) is 3.27. The molecular formula is C13H20N4OS. The van der Waals surface area contributed by atoms with Gasteiger partial charge in [0.05, 0.1) is 5.75 Å². The van der Waals surface area contributed by atoms with Gasteiger partial charge >= 0.3 is 0 Å². The maximum absolute atomic E-state index is 11.8. The Hall–Kier alpha value is -1.30. The van der Waals surface area contributed by atoms with Gasteiger partial charge in [0, 0.05) is 12.6 Å². The maximum atomic E-state index is 11.8. The molecule has 5 nitrogen and oxygen atoms in total. The molecule has 1 saturated carbocycles. The van der Waals surface area contributed by atoms with Crippen molar-refractivity contribution in [1.82, 2.24) is 20.1 Å². The third kappa shape index (κ3) is 3.83. The highest BCUT2D eigenvalue weighted by Gasteiger charge is 2.17. The molecule has 1 fully saturated rings. The van der Waals surface area contributed by atoms with Crippen molar-refractivity contribution in [2.75, 3.05) is 5.75 Å². The minimum absolute atomic E-state index is 0.0858. The van der Waals surface area contributed by atoms with E-state index in [1.807, 2.05) is 11.5 Å². The monoisotopic (exact) mass is 280 g/mol. The molecular weight excluding hydrogens is 260 g/mol. The van der Waals surface area contributed by atoms with Gasteiger partial charge in [0.1, 0.15) is 5.82 Å². The lowest BCUT2D eigenvalue weighted by Gasteiger charge is -2.11. The first-order valence-corrected chi connectivity index (χ1v) is 7.62. The van der Waals surface area contributed by atoms with Crippen LogP contribution in [0.4, 0.5) is 0 Å². The Morgan fingerprint density at radius 1 is 1.53 bits per heavy atom. The van der Waals surface area contributed by atoms with Crippen LogP contribution in [0.5, 0.6) is 0 Å². The van der Waals surface area contributed by atoms with E-state index >= 15 is 0 Å². The van der Waals surface area contributed by atoms with Gasteiger partial charge in [-0.2, -0.15) is 0 Å². The number of hydrogen-bond acceptors (Lipinski definition) is 4. The molecule has 1 heterocycles. The number of thioether (sulfide) groups is 1. The summed E-state index contributed by atoms with van der Waals surface area (Å²) in [4.78, 5) is 11.8. The van der Waals surface area contributed by atoms with Crippen molar-refractivity contribution in [3.63, 3.8) is 0 Å². The number of aromatic nitrogens is 3.